The summed E-state index contributed by atoms with van der Waals surface area (Å²) in [5, 5.41) is 0. The average Bonchev–Trinajstić information content (AvgIpc) is 2.25. The molecule has 0 radical (unpaired) electrons. The number of hydrogen-bond acceptors (Lipinski definition) is 2. The van der Waals surface area contributed by atoms with E-state index in [1.807, 2.05) is 12.1 Å². The maximum atomic E-state index is 11.8. The Balaban J connectivity index is 2.37. The van der Waals surface area contributed by atoms with Crippen molar-refractivity contribution in [2.45, 2.75) is 39.4 Å². The molecule has 0 bridgehead atoms. The Morgan fingerprint density at radius 3 is 2.17 bits per heavy atom. The Morgan fingerprint density at radius 2 is 1.67 bits per heavy atom. The highest BCUT2D eigenvalue weighted by Crippen LogP contribution is 2.29. The molecule has 2 rings (SSSR count). The number of ketones is 1. The lowest BCUT2D eigenvalue weighted by molar-refractivity contribution is -0.113. The van der Waals surface area contributed by atoms with E-state index in [1.54, 1.807) is 6.92 Å². The van der Waals surface area contributed by atoms with Crippen LogP contribution in [0, 0.1) is 0 Å². The molecular weight excluding hydrogens is 240 g/mol. The molecule has 1 aromatic rings. The van der Waals surface area contributed by atoms with Crippen molar-refractivity contribution in [3.63, 3.8) is 0 Å². The second-order valence-electron chi connectivity index (χ2n) is 5.79. The highest BCUT2D eigenvalue weighted by molar-refractivity contribution is 6.70. The molecule has 2 nitrogen and oxygen atoms in total. The van der Waals surface area contributed by atoms with Crippen molar-refractivity contribution in [2.75, 3.05) is 0 Å². The van der Waals surface area contributed by atoms with Crippen molar-refractivity contribution in [3.05, 3.63) is 46.7 Å². The summed E-state index contributed by atoms with van der Waals surface area (Å²) >= 11 is 0. The zero-order valence-electron chi connectivity index (χ0n) is 11.5. The van der Waals surface area contributed by atoms with Gasteiger partial charge >= 0.3 is 0 Å². The number of hydrogen-bond donors (Lipinski definition) is 0. The zero-order valence-corrected chi connectivity index (χ0v) is 12.5. The van der Waals surface area contributed by atoms with Gasteiger partial charge in [-0.05, 0) is 37.7 Å². The van der Waals surface area contributed by atoms with Crippen LogP contribution in [0.5, 0.6) is 0 Å². The number of Topliss-reactive ketones (excluding diaryl/α,β-unsaturated/α-hetero) is 1. The Kier molecular flexibility index (Phi) is 3.44. The number of fused-ring (bicyclic) bond motifs is 1. The standard InChI is InChI=1S/C15H20O2Si/c1-11(16)14-9-12-7-5-6-8-13(12)10-15(14)17-18(2,3)4/h5-8H,9-10H2,1-4H3. The van der Waals surface area contributed by atoms with Gasteiger partial charge in [0, 0.05) is 18.4 Å². The third-order valence-corrected chi connectivity index (χ3v) is 3.89. The van der Waals surface area contributed by atoms with Gasteiger partial charge in [-0.25, -0.2) is 0 Å². The smallest absolute Gasteiger partial charge is 0.241 e. The highest BCUT2D eigenvalue weighted by atomic mass is 28.4. The summed E-state index contributed by atoms with van der Waals surface area (Å²) in [6.45, 7) is 8.09. The Labute approximate surface area is 110 Å². The minimum Gasteiger partial charge on any atom is -0.547 e. The molecule has 0 amide bonds. The van der Waals surface area contributed by atoms with Gasteiger partial charge in [0.05, 0.1) is 5.76 Å². The Bertz CT molecular complexity index is 509. The minimum atomic E-state index is -1.66. The molecule has 18 heavy (non-hydrogen) atoms. The molecular formula is C15H20O2Si. The molecule has 0 aliphatic heterocycles. The summed E-state index contributed by atoms with van der Waals surface area (Å²) in [6.07, 6.45) is 1.47. The molecule has 1 aliphatic carbocycles. The fourth-order valence-electron chi connectivity index (χ4n) is 2.26. The van der Waals surface area contributed by atoms with Crippen LogP contribution in [0.3, 0.4) is 0 Å². The second kappa shape index (κ2) is 4.73. The lowest BCUT2D eigenvalue weighted by atomic mass is 9.89. The molecule has 0 aromatic heterocycles. The number of carbonyl (C=O) groups excluding carboxylic acids is 1. The molecule has 0 heterocycles. The van der Waals surface area contributed by atoms with Gasteiger partial charge in [0.25, 0.3) is 0 Å². The molecule has 3 heteroatoms. The Hall–Kier alpha value is -1.35. The predicted octanol–water partition coefficient (Wildman–Crippen LogP) is 3.48. The first kappa shape index (κ1) is 13.1. The normalized spacial score (nSPS) is 15.3. The van der Waals surface area contributed by atoms with Crippen LogP contribution in [-0.2, 0) is 22.1 Å². The van der Waals surface area contributed by atoms with Crippen LogP contribution in [0.2, 0.25) is 19.6 Å². The van der Waals surface area contributed by atoms with Crippen LogP contribution in [0.25, 0.3) is 0 Å². The van der Waals surface area contributed by atoms with Crippen molar-refractivity contribution in [1.82, 2.24) is 0 Å². The van der Waals surface area contributed by atoms with E-state index in [9.17, 15) is 4.79 Å². The van der Waals surface area contributed by atoms with Gasteiger partial charge in [0.15, 0.2) is 5.78 Å². The number of allylic oxidation sites excluding steroid dienone is 2. The van der Waals surface area contributed by atoms with Crippen molar-refractivity contribution < 1.29 is 9.22 Å². The second-order valence-corrected chi connectivity index (χ2v) is 10.2. The van der Waals surface area contributed by atoms with E-state index in [-0.39, 0.29) is 5.78 Å². The summed E-state index contributed by atoms with van der Waals surface area (Å²) in [6, 6.07) is 8.30. The highest BCUT2D eigenvalue weighted by Gasteiger charge is 2.26. The van der Waals surface area contributed by atoms with Crippen molar-refractivity contribution in [2.24, 2.45) is 0 Å². The quantitative estimate of drug-likeness (QED) is 0.778. The molecule has 0 spiro atoms. The Morgan fingerprint density at radius 1 is 1.11 bits per heavy atom. The number of benzene rings is 1. The molecule has 0 saturated heterocycles. The van der Waals surface area contributed by atoms with Gasteiger partial charge in [-0.3, -0.25) is 4.79 Å². The minimum absolute atomic E-state index is 0.137. The summed E-state index contributed by atoms with van der Waals surface area (Å²) in [4.78, 5) is 11.8. The van der Waals surface area contributed by atoms with Crippen LogP contribution in [0.1, 0.15) is 18.1 Å². The van der Waals surface area contributed by atoms with Crippen molar-refractivity contribution >= 4 is 14.1 Å². The summed E-state index contributed by atoms with van der Waals surface area (Å²) in [5.74, 6) is 1.04. The van der Waals surface area contributed by atoms with Gasteiger partial charge in [-0.15, -0.1) is 0 Å². The summed E-state index contributed by atoms with van der Waals surface area (Å²) in [5.41, 5.74) is 3.40. The molecule has 0 unspecified atom stereocenters. The first-order valence-electron chi connectivity index (χ1n) is 6.35. The van der Waals surface area contributed by atoms with Gasteiger partial charge in [0.1, 0.15) is 0 Å². The van der Waals surface area contributed by atoms with Gasteiger partial charge in [-0.2, -0.15) is 0 Å². The first-order valence-corrected chi connectivity index (χ1v) is 9.76. The summed E-state index contributed by atoms with van der Waals surface area (Å²) < 4.78 is 6.11. The predicted molar refractivity (Wildman–Crippen MR) is 76.0 cm³/mol. The average molecular weight is 260 g/mol. The number of carbonyl (C=O) groups is 1. The lowest BCUT2D eigenvalue weighted by Gasteiger charge is -2.28. The molecule has 96 valence electrons. The fourth-order valence-corrected chi connectivity index (χ4v) is 3.19. The first-order chi connectivity index (χ1) is 8.37. The van der Waals surface area contributed by atoms with Crippen molar-refractivity contribution in [3.8, 4) is 0 Å². The van der Waals surface area contributed by atoms with Crippen LogP contribution in [0.4, 0.5) is 0 Å². The summed E-state index contributed by atoms with van der Waals surface area (Å²) in [7, 11) is -1.66. The fraction of sp³-hybridized carbons (Fsp3) is 0.400. The molecule has 0 atom stereocenters. The van der Waals surface area contributed by atoms with Gasteiger partial charge in [-0.1, -0.05) is 24.3 Å². The van der Waals surface area contributed by atoms with Crippen LogP contribution >= 0.6 is 0 Å². The van der Waals surface area contributed by atoms with Gasteiger partial charge < -0.3 is 4.43 Å². The number of rotatable bonds is 3. The van der Waals surface area contributed by atoms with E-state index in [1.165, 1.54) is 11.1 Å². The van der Waals surface area contributed by atoms with E-state index < -0.39 is 8.32 Å². The molecule has 1 aromatic carbocycles. The van der Waals surface area contributed by atoms with E-state index in [0.717, 1.165) is 17.8 Å². The van der Waals surface area contributed by atoms with E-state index >= 15 is 0 Å². The third-order valence-electron chi connectivity index (χ3n) is 3.03. The maximum absolute atomic E-state index is 11.8. The van der Waals surface area contributed by atoms with E-state index in [0.29, 0.717) is 6.42 Å². The molecule has 0 saturated carbocycles. The molecule has 0 fully saturated rings. The SMILES string of the molecule is CC(=O)C1=C(O[Si](C)(C)C)Cc2ccccc2C1. The van der Waals surface area contributed by atoms with E-state index in [2.05, 4.69) is 31.8 Å². The maximum Gasteiger partial charge on any atom is 0.241 e. The monoisotopic (exact) mass is 260 g/mol. The van der Waals surface area contributed by atoms with Gasteiger partial charge in [0.2, 0.25) is 8.32 Å². The van der Waals surface area contributed by atoms with Crippen molar-refractivity contribution in [1.29, 1.82) is 0 Å². The lowest BCUT2D eigenvalue weighted by Crippen LogP contribution is -2.28. The largest absolute Gasteiger partial charge is 0.547 e. The van der Waals surface area contributed by atoms with Crippen LogP contribution < -0.4 is 0 Å². The molecule has 1 aliphatic rings. The zero-order chi connectivity index (χ0) is 13.3. The molecule has 0 N–H and O–H groups in total. The third kappa shape index (κ3) is 2.90. The van der Waals surface area contributed by atoms with E-state index in [4.69, 9.17) is 4.43 Å². The van der Waals surface area contributed by atoms with Crippen LogP contribution in [0.15, 0.2) is 35.6 Å². The topological polar surface area (TPSA) is 26.3 Å². The van der Waals surface area contributed by atoms with Crippen LogP contribution in [-0.4, -0.2) is 14.1 Å².